The van der Waals surface area contributed by atoms with Crippen molar-refractivity contribution >= 4 is 17.6 Å². The van der Waals surface area contributed by atoms with Crippen molar-refractivity contribution in [2.24, 2.45) is 0 Å². The highest BCUT2D eigenvalue weighted by Gasteiger charge is 2.27. The lowest BCUT2D eigenvalue weighted by atomic mass is 9.93. The molecule has 2 rings (SSSR count). The lowest BCUT2D eigenvalue weighted by Gasteiger charge is -2.34. The van der Waals surface area contributed by atoms with E-state index in [1.54, 1.807) is 4.90 Å². The first-order valence-corrected chi connectivity index (χ1v) is 6.77. The predicted molar refractivity (Wildman–Crippen MR) is 73.1 cm³/mol. The third-order valence-electron chi connectivity index (χ3n) is 3.55. The van der Waals surface area contributed by atoms with E-state index in [9.17, 15) is 9.59 Å². The maximum absolute atomic E-state index is 12.2. The summed E-state index contributed by atoms with van der Waals surface area (Å²) in [7, 11) is 0. The van der Waals surface area contributed by atoms with E-state index in [0.717, 1.165) is 31.4 Å². The fourth-order valence-electron chi connectivity index (χ4n) is 2.70. The maximum Gasteiger partial charge on any atom is 0.312 e. The van der Waals surface area contributed by atoms with Gasteiger partial charge in [0.05, 0.1) is 0 Å². The largest absolute Gasteiger partial charge is 0.481 e. The highest BCUT2D eigenvalue weighted by atomic mass is 16.4. The van der Waals surface area contributed by atoms with Crippen LogP contribution in [0.2, 0.25) is 0 Å². The summed E-state index contributed by atoms with van der Waals surface area (Å²) in [5.41, 5.74) is 0.806. The molecule has 4 heteroatoms. The summed E-state index contributed by atoms with van der Waals surface area (Å²) >= 11 is 0. The molecule has 0 heterocycles. The van der Waals surface area contributed by atoms with Gasteiger partial charge in [-0.1, -0.05) is 37.5 Å². The third kappa shape index (κ3) is 3.56. The van der Waals surface area contributed by atoms with Gasteiger partial charge in [-0.2, -0.15) is 0 Å². The smallest absolute Gasteiger partial charge is 0.312 e. The zero-order chi connectivity index (χ0) is 13.7. The zero-order valence-electron chi connectivity index (χ0n) is 10.9. The molecule has 1 aliphatic carbocycles. The van der Waals surface area contributed by atoms with Crippen LogP contribution in [0.1, 0.15) is 38.5 Å². The van der Waals surface area contributed by atoms with Gasteiger partial charge in [0, 0.05) is 11.7 Å². The fraction of sp³-hybridized carbons (Fsp3) is 0.467. The highest BCUT2D eigenvalue weighted by Crippen LogP contribution is 2.27. The average Bonchev–Trinajstić information content (AvgIpc) is 2.40. The molecule has 102 valence electrons. The number of amides is 1. The standard InChI is InChI=1S/C15H19NO3/c17-14(11-15(18)19)16(12-7-3-1-4-8-12)13-9-5-2-6-10-13/h1,3-4,7-8,13H,2,5-6,9-11H2,(H,18,19). The second-order valence-electron chi connectivity index (χ2n) is 4.96. The summed E-state index contributed by atoms with van der Waals surface area (Å²) in [5, 5.41) is 8.83. The number of hydrogen-bond donors (Lipinski definition) is 1. The van der Waals surface area contributed by atoms with Gasteiger partial charge in [0.1, 0.15) is 6.42 Å². The summed E-state index contributed by atoms with van der Waals surface area (Å²) in [5.74, 6) is -1.38. The van der Waals surface area contributed by atoms with Crippen LogP contribution in [0.5, 0.6) is 0 Å². The van der Waals surface area contributed by atoms with Crippen molar-refractivity contribution in [2.75, 3.05) is 4.90 Å². The van der Waals surface area contributed by atoms with E-state index in [2.05, 4.69) is 0 Å². The molecule has 0 aromatic heterocycles. The second kappa shape index (κ2) is 6.36. The lowest BCUT2D eigenvalue weighted by molar-refractivity contribution is -0.140. The van der Waals surface area contributed by atoms with E-state index in [1.807, 2.05) is 30.3 Å². The molecule has 0 atom stereocenters. The van der Waals surface area contributed by atoms with Gasteiger partial charge in [0.2, 0.25) is 5.91 Å². The van der Waals surface area contributed by atoms with Crippen LogP contribution < -0.4 is 4.90 Å². The highest BCUT2D eigenvalue weighted by molar-refractivity contribution is 6.03. The van der Waals surface area contributed by atoms with Crippen LogP contribution in [0, 0.1) is 0 Å². The van der Waals surface area contributed by atoms with Crippen LogP contribution in [-0.2, 0) is 9.59 Å². The predicted octanol–water partition coefficient (Wildman–Crippen LogP) is 2.83. The Morgan fingerprint density at radius 1 is 1.11 bits per heavy atom. The molecule has 1 aromatic carbocycles. The lowest BCUT2D eigenvalue weighted by Crippen LogP contribution is -2.42. The van der Waals surface area contributed by atoms with Crippen molar-refractivity contribution in [3.05, 3.63) is 30.3 Å². The molecule has 0 saturated heterocycles. The summed E-state index contributed by atoms with van der Waals surface area (Å²) in [6.07, 6.45) is 4.89. The van der Waals surface area contributed by atoms with E-state index in [-0.39, 0.29) is 11.9 Å². The molecule has 1 aromatic rings. The minimum absolute atomic E-state index is 0.142. The molecular weight excluding hydrogens is 242 g/mol. The number of carbonyl (C=O) groups excluding carboxylic acids is 1. The minimum Gasteiger partial charge on any atom is -0.481 e. The van der Waals surface area contributed by atoms with Gasteiger partial charge in [0.15, 0.2) is 0 Å². The average molecular weight is 261 g/mol. The molecule has 4 nitrogen and oxygen atoms in total. The summed E-state index contributed by atoms with van der Waals surface area (Å²) < 4.78 is 0. The Balaban J connectivity index is 2.22. The summed E-state index contributed by atoms with van der Waals surface area (Å²) in [6, 6.07) is 9.52. The normalized spacial score (nSPS) is 16.0. The Morgan fingerprint density at radius 3 is 2.32 bits per heavy atom. The van der Waals surface area contributed by atoms with Gasteiger partial charge >= 0.3 is 5.97 Å². The number of carboxylic acids is 1. The molecule has 0 aliphatic heterocycles. The number of aliphatic carboxylic acids is 1. The van der Waals surface area contributed by atoms with E-state index in [4.69, 9.17) is 5.11 Å². The van der Waals surface area contributed by atoms with E-state index >= 15 is 0 Å². The van der Waals surface area contributed by atoms with Crippen LogP contribution in [0.3, 0.4) is 0 Å². The van der Waals surface area contributed by atoms with Crippen LogP contribution >= 0.6 is 0 Å². The first-order chi connectivity index (χ1) is 9.18. The van der Waals surface area contributed by atoms with Gasteiger partial charge in [-0.05, 0) is 25.0 Å². The van der Waals surface area contributed by atoms with Gasteiger partial charge in [-0.15, -0.1) is 0 Å². The van der Waals surface area contributed by atoms with E-state index in [0.29, 0.717) is 0 Å². The number of anilines is 1. The Hall–Kier alpha value is -1.84. The maximum atomic E-state index is 12.2. The molecule has 1 amide bonds. The van der Waals surface area contributed by atoms with Crippen molar-refractivity contribution in [3.8, 4) is 0 Å². The summed E-state index contributed by atoms with van der Waals surface area (Å²) in [4.78, 5) is 24.7. The second-order valence-corrected chi connectivity index (χ2v) is 4.96. The van der Waals surface area contributed by atoms with Crippen LogP contribution in [0.4, 0.5) is 5.69 Å². The topological polar surface area (TPSA) is 57.6 Å². The number of carboxylic acid groups (broad SMARTS) is 1. The molecule has 1 N–H and O–H groups in total. The molecule has 1 fully saturated rings. The number of hydrogen-bond acceptors (Lipinski definition) is 2. The van der Waals surface area contributed by atoms with Crippen LogP contribution in [0.25, 0.3) is 0 Å². The first-order valence-electron chi connectivity index (χ1n) is 6.77. The Kier molecular flexibility index (Phi) is 4.55. The molecule has 0 radical (unpaired) electrons. The SMILES string of the molecule is O=C(O)CC(=O)N(c1ccccc1)C1CCCCC1. The Bertz CT molecular complexity index is 438. The monoisotopic (exact) mass is 261 g/mol. The van der Waals surface area contributed by atoms with Crippen molar-refractivity contribution in [2.45, 2.75) is 44.6 Å². The van der Waals surface area contributed by atoms with Crippen molar-refractivity contribution in [1.29, 1.82) is 0 Å². The first kappa shape index (κ1) is 13.6. The summed E-state index contributed by atoms with van der Waals surface area (Å²) in [6.45, 7) is 0. The number of benzene rings is 1. The number of carbonyl (C=O) groups is 2. The molecule has 19 heavy (non-hydrogen) atoms. The minimum atomic E-state index is -1.07. The quantitative estimate of drug-likeness (QED) is 0.848. The fourth-order valence-corrected chi connectivity index (χ4v) is 2.70. The molecule has 0 spiro atoms. The number of rotatable bonds is 4. The Morgan fingerprint density at radius 2 is 1.74 bits per heavy atom. The molecular formula is C15H19NO3. The van der Waals surface area contributed by atoms with E-state index < -0.39 is 12.4 Å². The van der Waals surface area contributed by atoms with Gasteiger partial charge in [-0.25, -0.2) is 0 Å². The number of nitrogens with zero attached hydrogens (tertiary/aromatic N) is 1. The molecule has 1 saturated carbocycles. The number of para-hydroxylation sites is 1. The third-order valence-corrected chi connectivity index (χ3v) is 3.55. The van der Waals surface area contributed by atoms with Crippen molar-refractivity contribution in [1.82, 2.24) is 0 Å². The van der Waals surface area contributed by atoms with Gasteiger partial charge in [0.25, 0.3) is 0 Å². The van der Waals surface area contributed by atoms with Crippen LogP contribution in [-0.4, -0.2) is 23.0 Å². The Labute approximate surface area is 113 Å². The van der Waals surface area contributed by atoms with Gasteiger partial charge < -0.3 is 10.0 Å². The van der Waals surface area contributed by atoms with Crippen molar-refractivity contribution in [3.63, 3.8) is 0 Å². The zero-order valence-corrected chi connectivity index (χ0v) is 10.9. The molecule has 0 bridgehead atoms. The van der Waals surface area contributed by atoms with Gasteiger partial charge in [-0.3, -0.25) is 9.59 Å². The molecule has 1 aliphatic rings. The van der Waals surface area contributed by atoms with Crippen LogP contribution in [0.15, 0.2) is 30.3 Å². The van der Waals surface area contributed by atoms with E-state index in [1.165, 1.54) is 6.42 Å². The van der Waals surface area contributed by atoms with Crippen molar-refractivity contribution < 1.29 is 14.7 Å². The molecule has 0 unspecified atom stereocenters.